The Morgan fingerprint density at radius 1 is 1.03 bits per heavy atom. The van der Waals surface area contributed by atoms with E-state index in [0.717, 1.165) is 5.56 Å². The van der Waals surface area contributed by atoms with Gasteiger partial charge in [-0.2, -0.15) is 15.6 Å². The minimum absolute atomic E-state index is 0.125. The molecule has 2 N–H and O–H groups in total. The molecule has 1 aromatic heterocycles. The van der Waals surface area contributed by atoms with Gasteiger partial charge in [-0.25, -0.2) is 4.68 Å². The number of rotatable bonds is 6. The van der Waals surface area contributed by atoms with Crippen LogP contribution in [-0.2, 0) is 6.61 Å². The van der Waals surface area contributed by atoms with E-state index in [1.165, 1.54) is 4.68 Å². The SMILES string of the molecule is N#C/C(=C\c1cc(Cl)ccc1OCc1ccccc1)c1nn(-c2ccccc2)c(N)c1C#N. The number of hydrogen-bond acceptors (Lipinski definition) is 5. The van der Waals surface area contributed by atoms with Gasteiger partial charge in [0, 0.05) is 10.6 Å². The number of aromatic nitrogens is 2. The van der Waals surface area contributed by atoms with Gasteiger partial charge in [0.25, 0.3) is 0 Å². The maximum Gasteiger partial charge on any atom is 0.145 e. The van der Waals surface area contributed by atoms with Crippen LogP contribution >= 0.6 is 11.6 Å². The average molecular weight is 452 g/mol. The summed E-state index contributed by atoms with van der Waals surface area (Å²) < 4.78 is 7.43. The molecule has 0 bridgehead atoms. The molecule has 33 heavy (non-hydrogen) atoms. The number of nitrogens with two attached hydrogens (primary N) is 1. The Morgan fingerprint density at radius 3 is 2.39 bits per heavy atom. The summed E-state index contributed by atoms with van der Waals surface area (Å²) in [5, 5.41) is 24.6. The summed E-state index contributed by atoms with van der Waals surface area (Å²) >= 11 is 6.21. The third-order valence-electron chi connectivity index (χ3n) is 4.92. The van der Waals surface area contributed by atoms with Crippen molar-refractivity contribution in [3.05, 3.63) is 106 Å². The van der Waals surface area contributed by atoms with Gasteiger partial charge in [-0.3, -0.25) is 0 Å². The smallest absolute Gasteiger partial charge is 0.145 e. The van der Waals surface area contributed by atoms with E-state index >= 15 is 0 Å². The van der Waals surface area contributed by atoms with Gasteiger partial charge < -0.3 is 10.5 Å². The van der Waals surface area contributed by atoms with Crippen LogP contribution in [0.25, 0.3) is 17.3 Å². The van der Waals surface area contributed by atoms with Crippen molar-refractivity contribution in [3.8, 4) is 23.6 Å². The van der Waals surface area contributed by atoms with Gasteiger partial charge in [0.15, 0.2) is 0 Å². The third kappa shape index (κ3) is 4.72. The summed E-state index contributed by atoms with van der Waals surface area (Å²) in [6.45, 7) is 0.351. The van der Waals surface area contributed by atoms with Gasteiger partial charge in [-0.15, -0.1) is 0 Å². The Kier molecular flexibility index (Phi) is 6.40. The van der Waals surface area contributed by atoms with Crippen LogP contribution in [0.15, 0.2) is 78.9 Å². The molecule has 0 spiro atoms. The van der Waals surface area contributed by atoms with E-state index in [1.54, 1.807) is 24.3 Å². The molecule has 0 amide bonds. The molecule has 160 valence electrons. The Labute approximate surface area is 196 Å². The van der Waals surface area contributed by atoms with E-state index in [4.69, 9.17) is 22.1 Å². The van der Waals surface area contributed by atoms with Gasteiger partial charge in [0.1, 0.15) is 41.6 Å². The summed E-state index contributed by atoms with van der Waals surface area (Å²) in [5.74, 6) is 0.705. The number of halogens is 1. The van der Waals surface area contributed by atoms with E-state index in [1.807, 2.05) is 60.7 Å². The molecule has 3 aromatic carbocycles. The van der Waals surface area contributed by atoms with Crippen molar-refractivity contribution in [2.45, 2.75) is 6.61 Å². The Morgan fingerprint density at radius 2 is 1.73 bits per heavy atom. The number of benzene rings is 3. The van der Waals surface area contributed by atoms with Gasteiger partial charge >= 0.3 is 0 Å². The van der Waals surface area contributed by atoms with Crippen LogP contribution in [0.2, 0.25) is 5.02 Å². The van der Waals surface area contributed by atoms with Gasteiger partial charge in [-0.1, -0.05) is 60.1 Å². The van der Waals surface area contributed by atoms with Crippen LogP contribution in [0.5, 0.6) is 5.75 Å². The molecule has 0 aliphatic heterocycles. The Balaban J connectivity index is 1.75. The average Bonchev–Trinajstić information content (AvgIpc) is 3.19. The first-order valence-electron chi connectivity index (χ1n) is 10.0. The lowest BCUT2D eigenvalue weighted by molar-refractivity contribution is 0.305. The number of para-hydroxylation sites is 1. The molecule has 4 rings (SSSR count). The van der Waals surface area contributed by atoms with Gasteiger partial charge in [0.2, 0.25) is 0 Å². The summed E-state index contributed by atoms with van der Waals surface area (Å²) in [6.07, 6.45) is 1.60. The Bertz CT molecular complexity index is 1400. The van der Waals surface area contributed by atoms with E-state index < -0.39 is 0 Å². The number of nitriles is 2. The van der Waals surface area contributed by atoms with Crippen molar-refractivity contribution in [3.63, 3.8) is 0 Å². The number of nitrogen functional groups attached to an aromatic ring is 1. The molecular formula is C26H18ClN5O. The van der Waals surface area contributed by atoms with Crippen molar-refractivity contribution in [1.29, 1.82) is 10.5 Å². The first-order chi connectivity index (χ1) is 16.1. The molecule has 0 saturated heterocycles. The molecule has 7 heteroatoms. The standard InChI is InChI=1S/C26H18ClN5O/c27-21-11-12-24(33-17-18-7-3-1-4-8-18)19(14-21)13-20(15-28)25-23(16-29)26(30)32(31-25)22-9-5-2-6-10-22/h1-14H,17,30H2/b20-13+. The lowest BCUT2D eigenvalue weighted by atomic mass is 10.1. The summed E-state index contributed by atoms with van der Waals surface area (Å²) in [7, 11) is 0. The van der Waals surface area contributed by atoms with Gasteiger partial charge in [0.05, 0.1) is 11.3 Å². The van der Waals surface area contributed by atoms with E-state index in [2.05, 4.69) is 17.2 Å². The fraction of sp³-hybridized carbons (Fsp3) is 0.0385. The molecule has 6 nitrogen and oxygen atoms in total. The zero-order chi connectivity index (χ0) is 23.2. The van der Waals surface area contributed by atoms with Crippen LogP contribution in [0.1, 0.15) is 22.4 Å². The number of nitrogens with zero attached hydrogens (tertiary/aromatic N) is 4. The quantitative estimate of drug-likeness (QED) is 0.383. The van der Waals surface area contributed by atoms with Crippen molar-refractivity contribution in [2.24, 2.45) is 0 Å². The second kappa shape index (κ2) is 9.74. The highest BCUT2D eigenvalue weighted by atomic mass is 35.5. The molecule has 0 aliphatic rings. The number of hydrogen-bond donors (Lipinski definition) is 1. The maximum atomic E-state index is 9.91. The van der Waals surface area contributed by atoms with E-state index in [0.29, 0.717) is 28.6 Å². The first kappa shape index (κ1) is 21.7. The summed E-state index contributed by atoms with van der Waals surface area (Å²) in [6, 6.07) is 28.3. The van der Waals surface area contributed by atoms with E-state index in [9.17, 15) is 10.5 Å². The topological polar surface area (TPSA) is 101 Å². The number of anilines is 1. The largest absolute Gasteiger partial charge is 0.488 e. The molecule has 0 aliphatic carbocycles. The van der Waals surface area contributed by atoms with Crippen LogP contribution in [0, 0.1) is 22.7 Å². The molecule has 0 radical (unpaired) electrons. The second-order valence-electron chi connectivity index (χ2n) is 7.09. The fourth-order valence-corrected chi connectivity index (χ4v) is 3.48. The minimum atomic E-state index is 0.125. The lowest BCUT2D eigenvalue weighted by Gasteiger charge is -2.10. The zero-order valence-corrected chi connectivity index (χ0v) is 18.2. The van der Waals surface area contributed by atoms with Crippen LogP contribution in [-0.4, -0.2) is 9.78 Å². The molecule has 4 aromatic rings. The van der Waals surface area contributed by atoms with Crippen molar-refractivity contribution in [1.82, 2.24) is 9.78 Å². The van der Waals surface area contributed by atoms with Crippen LogP contribution < -0.4 is 10.5 Å². The third-order valence-corrected chi connectivity index (χ3v) is 5.15. The molecule has 1 heterocycles. The summed E-state index contributed by atoms with van der Waals surface area (Å²) in [5.41, 5.74) is 8.95. The normalized spacial score (nSPS) is 10.9. The Hall–Kier alpha value is -4.52. The molecule has 0 atom stereocenters. The van der Waals surface area contributed by atoms with Crippen molar-refractivity contribution >= 4 is 29.1 Å². The van der Waals surface area contributed by atoms with Gasteiger partial charge in [-0.05, 0) is 42.0 Å². The zero-order valence-electron chi connectivity index (χ0n) is 17.4. The molecule has 0 saturated carbocycles. The first-order valence-corrected chi connectivity index (χ1v) is 10.4. The fourth-order valence-electron chi connectivity index (χ4n) is 3.30. The van der Waals surface area contributed by atoms with Crippen molar-refractivity contribution < 1.29 is 4.74 Å². The maximum absolute atomic E-state index is 9.91. The highest BCUT2D eigenvalue weighted by Gasteiger charge is 2.20. The van der Waals surface area contributed by atoms with Crippen LogP contribution in [0.3, 0.4) is 0 Å². The minimum Gasteiger partial charge on any atom is -0.488 e. The van der Waals surface area contributed by atoms with E-state index in [-0.39, 0.29) is 22.6 Å². The second-order valence-corrected chi connectivity index (χ2v) is 7.53. The molecule has 0 fully saturated rings. The lowest BCUT2D eigenvalue weighted by Crippen LogP contribution is -2.02. The number of ether oxygens (including phenoxy) is 1. The highest BCUT2D eigenvalue weighted by Crippen LogP contribution is 2.31. The molecule has 0 unspecified atom stereocenters. The predicted molar refractivity (Wildman–Crippen MR) is 128 cm³/mol. The highest BCUT2D eigenvalue weighted by molar-refractivity contribution is 6.30. The predicted octanol–water partition coefficient (Wildman–Crippen LogP) is 5.62. The van der Waals surface area contributed by atoms with Crippen molar-refractivity contribution in [2.75, 3.05) is 5.73 Å². The number of allylic oxidation sites excluding steroid dienone is 1. The summed E-state index contributed by atoms with van der Waals surface area (Å²) in [4.78, 5) is 0. The monoisotopic (exact) mass is 451 g/mol. The van der Waals surface area contributed by atoms with Crippen LogP contribution in [0.4, 0.5) is 5.82 Å². The molecular weight excluding hydrogens is 434 g/mol.